The van der Waals surface area contributed by atoms with E-state index in [2.05, 4.69) is 4.98 Å². The summed E-state index contributed by atoms with van der Waals surface area (Å²) in [5.74, 6) is -0.699. The van der Waals surface area contributed by atoms with Crippen molar-refractivity contribution in [3.05, 3.63) is 64.0 Å². The van der Waals surface area contributed by atoms with E-state index in [1.54, 1.807) is 30.5 Å². The van der Waals surface area contributed by atoms with Gasteiger partial charge in [-0.25, -0.2) is 9.78 Å². The number of halogens is 2. The Morgan fingerprint density at radius 2 is 2.09 bits per heavy atom. The molecule has 116 valence electrons. The summed E-state index contributed by atoms with van der Waals surface area (Å²) in [4.78, 5) is 21.3. The van der Waals surface area contributed by atoms with Crippen LogP contribution in [0.25, 0.3) is 10.9 Å². The molecular weight excluding hydrogens is 339 g/mol. The molecule has 0 saturated heterocycles. The SMILES string of the molecule is N=C(N)c1cccc2c1ccn2OC(=O)c1cnc(Cl)c(Cl)c1. The maximum Gasteiger partial charge on any atom is 0.365 e. The molecule has 0 aliphatic rings. The first-order valence-electron chi connectivity index (χ1n) is 6.45. The number of benzene rings is 1. The molecule has 3 aromatic rings. The van der Waals surface area contributed by atoms with E-state index in [-0.39, 0.29) is 21.6 Å². The molecule has 0 radical (unpaired) electrons. The van der Waals surface area contributed by atoms with Crippen molar-refractivity contribution < 1.29 is 9.63 Å². The lowest BCUT2D eigenvalue weighted by Gasteiger charge is -2.07. The van der Waals surface area contributed by atoms with Crippen molar-refractivity contribution in [2.75, 3.05) is 0 Å². The van der Waals surface area contributed by atoms with Gasteiger partial charge in [0.1, 0.15) is 11.0 Å². The molecule has 0 unspecified atom stereocenters. The van der Waals surface area contributed by atoms with Crippen LogP contribution >= 0.6 is 23.2 Å². The highest BCUT2D eigenvalue weighted by molar-refractivity contribution is 6.41. The second kappa shape index (κ2) is 5.91. The van der Waals surface area contributed by atoms with E-state index in [9.17, 15) is 4.79 Å². The third-order valence-corrected chi connectivity index (χ3v) is 3.89. The quantitative estimate of drug-likeness (QED) is 0.432. The summed E-state index contributed by atoms with van der Waals surface area (Å²) in [7, 11) is 0. The van der Waals surface area contributed by atoms with Gasteiger partial charge in [0.2, 0.25) is 0 Å². The standard InChI is InChI=1S/C15H10Cl2N4O2/c16-11-6-8(7-20-13(11)17)15(22)23-21-5-4-9-10(14(18)19)2-1-3-12(9)21/h1-7H,(H3,18,19). The molecule has 0 atom stereocenters. The molecule has 0 spiro atoms. The molecule has 8 heteroatoms. The number of nitrogen functional groups attached to an aromatic ring is 1. The summed E-state index contributed by atoms with van der Waals surface area (Å²) in [6.07, 6.45) is 2.85. The van der Waals surface area contributed by atoms with Crippen LogP contribution in [0.1, 0.15) is 15.9 Å². The normalized spacial score (nSPS) is 10.7. The smallest absolute Gasteiger partial charge is 0.365 e. The molecular formula is C15H10Cl2N4O2. The highest BCUT2D eigenvalue weighted by Gasteiger charge is 2.14. The van der Waals surface area contributed by atoms with Gasteiger partial charge >= 0.3 is 5.97 Å². The number of carbonyl (C=O) groups excluding carboxylic acids is 1. The Hall–Kier alpha value is -2.57. The largest absolute Gasteiger partial charge is 0.384 e. The van der Waals surface area contributed by atoms with Gasteiger partial charge in [-0.3, -0.25) is 5.41 Å². The van der Waals surface area contributed by atoms with E-state index in [1.807, 2.05) is 0 Å². The number of nitrogens with two attached hydrogens (primary N) is 1. The van der Waals surface area contributed by atoms with Crippen LogP contribution in [-0.2, 0) is 0 Å². The molecule has 0 aliphatic heterocycles. The van der Waals surface area contributed by atoms with Crippen molar-refractivity contribution in [2.45, 2.75) is 0 Å². The average molecular weight is 349 g/mol. The summed E-state index contributed by atoms with van der Waals surface area (Å²) in [6, 6.07) is 8.30. The number of aromatic nitrogens is 2. The third-order valence-electron chi connectivity index (χ3n) is 3.20. The fraction of sp³-hybridized carbons (Fsp3) is 0. The van der Waals surface area contributed by atoms with Gasteiger partial charge in [0.25, 0.3) is 0 Å². The number of rotatable bonds is 3. The van der Waals surface area contributed by atoms with E-state index >= 15 is 0 Å². The number of hydrogen-bond acceptors (Lipinski definition) is 4. The Labute approximate surface area is 140 Å². The molecule has 0 fully saturated rings. The van der Waals surface area contributed by atoms with Crippen molar-refractivity contribution in [1.82, 2.24) is 9.71 Å². The number of amidine groups is 1. The van der Waals surface area contributed by atoms with Crippen LogP contribution in [0.4, 0.5) is 0 Å². The van der Waals surface area contributed by atoms with Gasteiger partial charge in [0.05, 0.1) is 16.1 Å². The zero-order valence-corrected chi connectivity index (χ0v) is 13.1. The summed E-state index contributed by atoms with van der Waals surface area (Å²) in [5, 5.41) is 8.56. The molecule has 0 saturated carbocycles. The van der Waals surface area contributed by atoms with Gasteiger partial charge < -0.3 is 10.6 Å². The van der Waals surface area contributed by atoms with Crippen LogP contribution < -0.4 is 10.6 Å². The highest BCUT2D eigenvalue weighted by Crippen LogP contribution is 2.21. The molecule has 1 aromatic carbocycles. The zero-order valence-electron chi connectivity index (χ0n) is 11.6. The van der Waals surface area contributed by atoms with Crippen LogP contribution in [0.2, 0.25) is 10.2 Å². The minimum atomic E-state index is -0.637. The Bertz CT molecular complexity index is 936. The Balaban J connectivity index is 1.95. The minimum absolute atomic E-state index is 0.0617. The number of carbonyl (C=O) groups is 1. The molecule has 23 heavy (non-hydrogen) atoms. The predicted octanol–water partition coefficient (Wildman–Crippen LogP) is 2.90. The molecule has 3 rings (SSSR count). The summed E-state index contributed by atoms with van der Waals surface area (Å²) >= 11 is 11.6. The summed E-state index contributed by atoms with van der Waals surface area (Å²) in [5.41, 5.74) is 6.89. The van der Waals surface area contributed by atoms with Crippen LogP contribution in [-0.4, -0.2) is 21.5 Å². The maximum atomic E-state index is 12.2. The van der Waals surface area contributed by atoms with E-state index in [4.69, 9.17) is 39.2 Å². The van der Waals surface area contributed by atoms with Gasteiger partial charge in [0, 0.05) is 23.3 Å². The second-order valence-electron chi connectivity index (χ2n) is 4.67. The average Bonchev–Trinajstić information content (AvgIpc) is 2.93. The first-order valence-corrected chi connectivity index (χ1v) is 7.21. The molecule has 0 bridgehead atoms. The Morgan fingerprint density at radius 3 is 2.78 bits per heavy atom. The molecule has 2 aromatic heterocycles. The number of hydrogen-bond donors (Lipinski definition) is 2. The first kappa shape index (κ1) is 15.3. The van der Waals surface area contributed by atoms with E-state index in [0.29, 0.717) is 16.5 Å². The van der Waals surface area contributed by atoms with Crippen LogP contribution in [0.5, 0.6) is 0 Å². The number of nitrogens with one attached hydrogen (secondary N) is 1. The molecule has 2 heterocycles. The number of nitrogens with zero attached hydrogens (tertiary/aromatic N) is 2. The Kier molecular flexibility index (Phi) is 3.94. The summed E-state index contributed by atoms with van der Waals surface area (Å²) < 4.78 is 1.30. The first-order chi connectivity index (χ1) is 11.0. The summed E-state index contributed by atoms with van der Waals surface area (Å²) in [6.45, 7) is 0. The van der Waals surface area contributed by atoms with E-state index in [0.717, 1.165) is 0 Å². The van der Waals surface area contributed by atoms with Crippen molar-refractivity contribution >= 4 is 45.9 Å². The highest BCUT2D eigenvalue weighted by atomic mass is 35.5. The van der Waals surface area contributed by atoms with Crippen molar-refractivity contribution in [3.63, 3.8) is 0 Å². The maximum absolute atomic E-state index is 12.2. The molecule has 3 N–H and O–H groups in total. The van der Waals surface area contributed by atoms with Gasteiger partial charge in [-0.05, 0) is 18.2 Å². The molecule has 6 nitrogen and oxygen atoms in total. The topological polar surface area (TPSA) is 94.0 Å². The third kappa shape index (κ3) is 2.86. The fourth-order valence-corrected chi connectivity index (χ4v) is 2.40. The second-order valence-corrected chi connectivity index (χ2v) is 5.43. The van der Waals surface area contributed by atoms with Gasteiger partial charge in [-0.1, -0.05) is 35.3 Å². The van der Waals surface area contributed by atoms with Gasteiger partial charge in [-0.15, -0.1) is 0 Å². The lowest BCUT2D eigenvalue weighted by Crippen LogP contribution is -2.19. The van der Waals surface area contributed by atoms with E-state index in [1.165, 1.54) is 17.0 Å². The Morgan fingerprint density at radius 1 is 1.30 bits per heavy atom. The van der Waals surface area contributed by atoms with Crippen molar-refractivity contribution in [3.8, 4) is 0 Å². The van der Waals surface area contributed by atoms with E-state index < -0.39 is 5.97 Å². The monoisotopic (exact) mass is 348 g/mol. The fourth-order valence-electron chi connectivity index (χ4n) is 2.13. The lowest BCUT2D eigenvalue weighted by atomic mass is 10.1. The molecule has 0 aliphatic carbocycles. The van der Waals surface area contributed by atoms with Crippen LogP contribution in [0, 0.1) is 5.41 Å². The molecule has 0 amide bonds. The van der Waals surface area contributed by atoms with Crippen molar-refractivity contribution in [2.24, 2.45) is 5.73 Å². The lowest BCUT2D eigenvalue weighted by molar-refractivity contribution is 0.0482. The number of pyridine rings is 1. The predicted molar refractivity (Wildman–Crippen MR) is 88.1 cm³/mol. The van der Waals surface area contributed by atoms with Crippen LogP contribution in [0.15, 0.2) is 42.7 Å². The zero-order chi connectivity index (χ0) is 16.6. The minimum Gasteiger partial charge on any atom is -0.384 e. The van der Waals surface area contributed by atoms with Crippen molar-refractivity contribution in [1.29, 1.82) is 5.41 Å². The van der Waals surface area contributed by atoms with Gasteiger partial charge in [0.15, 0.2) is 0 Å². The van der Waals surface area contributed by atoms with Gasteiger partial charge in [-0.2, -0.15) is 4.73 Å². The number of fused-ring (bicyclic) bond motifs is 1. The van der Waals surface area contributed by atoms with Crippen LogP contribution in [0.3, 0.4) is 0 Å².